The highest BCUT2D eigenvalue weighted by molar-refractivity contribution is 5.85. The number of nitrogens with one attached hydrogen (secondary N) is 2. The van der Waals surface area contributed by atoms with Gasteiger partial charge in [-0.05, 0) is 18.1 Å². The first kappa shape index (κ1) is 21.6. The quantitative estimate of drug-likeness (QED) is 0.366. The fraction of sp³-hybridized carbons (Fsp3) is 0.579. The number of anilines is 1. The van der Waals surface area contributed by atoms with E-state index in [0.717, 1.165) is 43.2 Å². The molecule has 2 rings (SSSR count). The second-order valence-electron chi connectivity index (χ2n) is 7.14. The van der Waals surface area contributed by atoms with Crippen LogP contribution in [0.2, 0.25) is 0 Å². The van der Waals surface area contributed by atoms with Crippen LogP contribution >= 0.6 is 0 Å². The number of quaternary nitrogens is 1. The molecule has 9 nitrogen and oxygen atoms in total. The summed E-state index contributed by atoms with van der Waals surface area (Å²) in [5.41, 5.74) is 1.02. The predicted octanol–water partition coefficient (Wildman–Crippen LogP) is 0.00360. The van der Waals surface area contributed by atoms with E-state index in [1.165, 1.54) is 19.2 Å². The van der Waals surface area contributed by atoms with Crippen LogP contribution in [-0.2, 0) is 14.3 Å². The standard InChI is InChI=1S/C19H28N4O5/c1-4-14(2)18(19(25)28-3)20-17(24)13-21-9-11-22(12-10-21)15-5-7-16(8-6-15)23(26)27/h5-8,14,18H,4,9-13H2,1-3H3,(H,20,24)/p+1/t14-,18+/m1/s1. The summed E-state index contributed by atoms with van der Waals surface area (Å²) in [7, 11) is 1.33. The number of nitro groups is 1. The van der Waals surface area contributed by atoms with E-state index in [1.807, 2.05) is 13.8 Å². The molecule has 2 atom stereocenters. The molecule has 1 aliphatic heterocycles. The maximum Gasteiger partial charge on any atom is 0.328 e. The molecule has 0 radical (unpaired) electrons. The van der Waals surface area contributed by atoms with Gasteiger partial charge in [0.2, 0.25) is 0 Å². The topological polar surface area (TPSA) is 106 Å². The number of piperazine rings is 1. The molecule has 1 amide bonds. The molecule has 28 heavy (non-hydrogen) atoms. The van der Waals surface area contributed by atoms with Crippen molar-refractivity contribution >= 4 is 23.3 Å². The Balaban J connectivity index is 1.85. The first-order valence-electron chi connectivity index (χ1n) is 9.55. The number of carbonyl (C=O) groups excluding carboxylic acids is 2. The summed E-state index contributed by atoms with van der Waals surface area (Å²) in [6.07, 6.45) is 0.765. The summed E-state index contributed by atoms with van der Waals surface area (Å²) in [5, 5.41) is 13.6. The number of benzene rings is 1. The van der Waals surface area contributed by atoms with E-state index in [1.54, 1.807) is 12.1 Å². The lowest BCUT2D eigenvalue weighted by molar-refractivity contribution is -0.892. The van der Waals surface area contributed by atoms with Crippen LogP contribution in [-0.4, -0.2) is 62.7 Å². The van der Waals surface area contributed by atoms with E-state index in [-0.39, 0.29) is 17.5 Å². The third kappa shape index (κ3) is 5.66. The molecule has 0 aliphatic carbocycles. The number of ether oxygens (including phenoxy) is 1. The van der Waals surface area contributed by atoms with Crippen molar-refractivity contribution in [3.8, 4) is 0 Å². The first-order chi connectivity index (χ1) is 13.3. The number of non-ortho nitro benzene ring substituents is 1. The number of carbonyl (C=O) groups is 2. The molecule has 1 aromatic rings. The molecule has 154 valence electrons. The van der Waals surface area contributed by atoms with E-state index in [4.69, 9.17) is 4.74 Å². The van der Waals surface area contributed by atoms with Crippen LogP contribution in [0.5, 0.6) is 0 Å². The molecule has 1 fully saturated rings. The van der Waals surface area contributed by atoms with Crippen molar-refractivity contribution in [1.82, 2.24) is 5.32 Å². The minimum atomic E-state index is -0.622. The zero-order valence-corrected chi connectivity index (χ0v) is 16.6. The van der Waals surface area contributed by atoms with Gasteiger partial charge < -0.3 is 19.9 Å². The van der Waals surface area contributed by atoms with Gasteiger partial charge in [0.1, 0.15) is 6.04 Å². The highest BCUT2D eigenvalue weighted by Crippen LogP contribution is 2.19. The number of nitrogens with zero attached hydrogens (tertiary/aromatic N) is 2. The van der Waals surface area contributed by atoms with Gasteiger partial charge in [-0.3, -0.25) is 14.9 Å². The summed E-state index contributed by atoms with van der Waals surface area (Å²) in [6.45, 7) is 7.25. The Labute approximate surface area is 164 Å². The molecular formula is C19H29N4O5+. The van der Waals surface area contributed by atoms with Gasteiger partial charge in [-0.2, -0.15) is 0 Å². The first-order valence-corrected chi connectivity index (χ1v) is 9.55. The van der Waals surface area contributed by atoms with Crippen molar-refractivity contribution < 1.29 is 24.1 Å². The average molecular weight is 393 g/mol. The molecule has 0 unspecified atom stereocenters. The van der Waals surface area contributed by atoms with E-state index in [2.05, 4.69) is 10.2 Å². The number of methoxy groups -OCH3 is 1. The Morgan fingerprint density at radius 3 is 2.39 bits per heavy atom. The Morgan fingerprint density at radius 2 is 1.89 bits per heavy atom. The molecule has 0 bridgehead atoms. The van der Waals surface area contributed by atoms with Gasteiger partial charge in [0, 0.05) is 17.8 Å². The van der Waals surface area contributed by atoms with Gasteiger partial charge in [0.25, 0.3) is 11.6 Å². The monoisotopic (exact) mass is 393 g/mol. The summed E-state index contributed by atoms with van der Waals surface area (Å²) in [5.74, 6) is -0.569. The van der Waals surface area contributed by atoms with E-state index >= 15 is 0 Å². The Hall–Kier alpha value is -2.68. The summed E-state index contributed by atoms with van der Waals surface area (Å²) >= 11 is 0. The van der Waals surface area contributed by atoms with Crippen LogP contribution in [0.3, 0.4) is 0 Å². The van der Waals surface area contributed by atoms with E-state index < -0.39 is 16.9 Å². The minimum Gasteiger partial charge on any atom is -0.467 e. The van der Waals surface area contributed by atoms with Crippen LogP contribution in [0.4, 0.5) is 11.4 Å². The Morgan fingerprint density at radius 1 is 1.29 bits per heavy atom. The summed E-state index contributed by atoms with van der Waals surface area (Å²) in [4.78, 5) is 38.0. The van der Waals surface area contributed by atoms with Gasteiger partial charge in [-0.1, -0.05) is 20.3 Å². The molecule has 0 saturated carbocycles. The van der Waals surface area contributed by atoms with Gasteiger partial charge >= 0.3 is 5.97 Å². The van der Waals surface area contributed by atoms with Crippen molar-refractivity contribution in [2.24, 2.45) is 5.92 Å². The highest BCUT2D eigenvalue weighted by Gasteiger charge is 2.29. The van der Waals surface area contributed by atoms with Gasteiger partial charge in [0.15, 0.2) is 6.54 Å². The van der Waals surface area contributed by atoms with Gasteiger partial charge in [-0.25, -0.2) is 4.79 Å². The maximum atomic E-state index is 12.4. The molecule has 1 heterocycles. The summed E-state index contributed by atoms with van der Waals surface area (Å²) in [6, 6.07) is 5.89. The SMILES string of the molecule is CC[C@@H](C)[C@H](NC(=O)C[NH+]1CCN(c2ccc([N+](=O)[O-])cc2)CC1)C(=O)OC. The fourth-order valence-electron chi connectivity index (χ4n) is 3.29. The van der Waals surface area contributed by atoms with Crippen LogP contribution in [0.1, 0.15) is 20.3 Å². The number of esters is 1. The van der Waals surface area contributed by atoms with Crippen molar-refractivity contribution in [3.63, 3.8) is 0 Å². The molecule has 0 aromatic heterocycles. The lowest BCUT2D eigenvalue weighted by Gasteiger charge is -2.33. The number of nitro benzene ring substituents is 1. The molecule has 0 spiro atoms. The minimum absolute atomic E-state index is 0.00499. The van der Waals surface area contributed by atoms with Crippen molar-refractivity contribution in [2.75, 3.05) is 44.7 Å². The zero-order valence-electron chi connectivity index (χ0n) is 16.6. The number of hydrogen-bond donors (Lipinski definition) is 2. The number of hydrogen-bond acceptors (Lipinski definition) is 6. The van der Waals surface area contributed by atoms with Crippen molar-refractivity contribution in [1.29, 1.82) is 0 Å². The summed E-state index contributed by atoms with van der Waals surface area (Å²) < 4.78 is 4.80. The number of rotatable bonds is 8. The smallest absolute Gasteiger partial charge is 0.328 e. The predicted molar refractivity (Wildman–Crippen MR) is 104 cm³/mol. The van der Waals surface area contributed by atoms with Crippen LogP contribution in [0, 0.1) is 16.0 Å². The van der Waals surface area contributed by atoms with E-state index in [0.29, 0.717) is 6.54 Å². The number of amides is 1. The molecule has 2 N–H and O–H groups in total. The molecule has 1 aliphatic rings. The molecule has 9 heteroatoms. The van der Waals surface area contributed by atoms with Crippen molar-refractivity contribution in [2.45, 2.75) is 26.3 Å². The molecule has 1 saturated heterocycles. The normalized spacial score (nSPS) is 16.9. The molecule has 1 aromatic carbocycles. The average Bonchev–Trinajstić information content (AvgIpc) is 2.71. The third-order valence-corrected chi connectivity index (χ3v) is 5.29. The maximum absolute atomic E-state index is 12.4. The Bertz CT molecular complexity index is 686. The van der Waals surface area contributed by atoms with Gasteiger partial charge in [-0.15, -0.1) is 0 Å². The van der Waals surface area contributed by atoms with E-state index in [9.17, 15) is 19.7 Å². The third-order valence-electron chi connectivity index (χ3n) is 5.29. The lowest BCUT2D eigenvalue weighted by Crippen LogP contribution is -3.16. The zero-order chi connectivity index (χ0) is 20.7. The van der Waals surface area contributed by atoms with Crippen LogP contribution < -0.4 is 15.1 Å². The highest BCUT2D eigenvalue weighted by atomic mass is 16.6. The lowest BCUT2D eigenvalue weighted by atomic mass is 9.99. The molecular weight excluding hydrogens is 364 g/mol. The fourth-order valence-corrected chi connectivity index (χ4v) is 3.29. The largest absolute Gasteiger partial charge is 0.467 e. The Kier molecular flexibility index (Phi) is 7.74. The second kappa shape index (κ2) is 10.0. The van der Waals surface area contributed by atoms with Crippen molar-refractivity contribution in [3.05, 3.63) is 34.4 Å². The van der Waals surface area contributed by atoms with Gasteiger partial charge in [0.05, 0.1) is 38.2 Å². The van der Waals surface area contributed by atoms with Crippen LogP contribution in [0.15, 0.2) is 24.3 Å². The van der Waals surface area contributed by atoms with Crippen LogP contribution in [0.25, 0.3) is 0 Å². The second-order valence-corrected chi connectivity index (χ2v) is 7.14.